The predicted octanol–water partition coefficient (Wildman–Crippen LogP) is 1.55. The van der Waals surface area contributed by atoms with Crippen molar-refractivity contribution < 1.29 is 20.4 Å². The molecule has 0 heterocycles. The van der Waals surface area contributed by atoms with Gasteiger partial charge in [0, 0.05) is 18.6 Å². The quantitative estimate of drug-likeness (QED) is 0.536. The van der Waals surface area contributed by atoms with E-state index in [9.17, 15) is 0 Å². The molecule has 0 fully saturated rings. The van der Waals surface area contributed by atoms with Crippen molar-refractivity contribution in [3.05, 3.63) is 0 Å². The lowest BCUT2D eigenvalue weighted by Gasteiger charge is -2.23. The van der Waals surface area contributed by atoms with E-state index in [4.69, 9.17) is 20.4 Å². The molecular formula is C14H32O4. The number of aliphatic hydroxyl groups is 4. The monoisotopic (exact) mass is 264 g/mol. The molecule has 4 N–H and O–H groups in total. The van der Waals surface area contributed by atoms with Gasteiger partial charge in [0.25, 0.3) is 0 Å². The first-order chi connectivity index (χ1) is 8.30. The second kappa shape index (κ2) is 10.7. The summed E-state index contributed by atoms with van der Waals surface area (Å²) < 4.78 is 0. The molecule has 0 aromatic rings. The van der Waals surface area contributed by atoms with Crippen molar-refractivity contribution in [2.24, 2.45) is 10.8 Å². The van der Waals surface area contributed by atoms with Crippen LogP contribution in [0.4, 0.5) is 0 Å². The minimum Gasteiger partial charge on any atom is -0.396 e. The largest absolute Gasteiger partial charge is 0.396 e. The van der Waals surface area contributed by atoms with Crippen molar-refractivity contribution in [2.45, 2.75) is 53.4 Å². The van der Waals surface area contributed by atoms with E-state index in [1.165, 1.54) is 0 Å². The maximum Gasteiger partial charge on any atom is 0.0506 e. The van der Waals surface area contributed by atoms with Crippen LogP contribution in [0, 0.1) is 10.8 Å². The van der Waals surface area contributed by atoms with Crippen LogP contribution in [0.1, 0.15) is 53.4 Å². The van der Waals surface area contributed by atoms with Gasteiger partial charge in [0.15, 0.2) is 0 Å². The van der Waals surface area contributed by atoms with Gasteiger partial charge in [0.2, 0.25) is 0 Å². The highest BCUT2D eigenvalue weighted by atomic mass is 16.3. The first kappa shape index (κ1) is 20.2. The molecule has 4 heteroatoms. The number of aliphatic hydroxyl groups excluding tert-OH is 4. The van der Waals surface area contributed by atoms with Crippen LogP contribution in [-0.4, -0.2) is 46.9 Å². The summed E-state index contributed by atoms with van der Waals surface area (Å²) in [5.74, 6) is 0. The molecule has 0 spiro atoms. The lowest BCUT2D eigenvalue weighted by atomic mass is 9.87. The van der Waals surface area contributed by atoms with Crippen LogP contribution in [0.2, 0.25) is 0 Å². The van der Waals surface area contributed by atoms with E-state index in [0.29, 0.717) is 6.42 Å². The smallest absolute Gasteiger partial charge is 0.0506 e. The zero-order chi connectivity index (χ0) is 14.7. The third-order valence-corrected chi connectivity index (χ3v) is 3.11. The molecular weight excluding hydrogens is 232 g/mol. The van der Waals surface area contributed by atoms with Crippen molar-refractivity contribution >= 4 is 0 Å². The van der Waals surface area contributed by atoms with Crippen molar-refractivity contribution in [2.75, 3.05) is 26.4 Å². The summed E-state index contributed by atoms with van der Waals surface area (Å²) in [7, 11) is 0. The molecule has 0 aliphatic heterocycles. The normalized spacial score (nSPS) is 12.0. The molecule has 0 saturated heterocycles. The van der Waals surface area contributed by atoms with Gasteiger partial charge in [-0.1, -0.05) is 40.5 Å². The molecule has 112 valence electrons. The molecule has 0 atom stereocenters. The number of unbranched alkanes of at least 4 members (excludes halogenated alkanes) is 1. The zero-order valence-corrected chi connectivity index (χ0v) is 12.4. The fourth-order valence-electron chi connectivity index (χ4n) is 1.19. The van der Waals surface area contributed by atoms with Crippen LogP contribution in [0.25, 0.3) is 0 Å². The Labute approximate surface area is 112 Å². The Morgan fingerprint density at radius 2 is 1.28 bits per heavy atom. The summed E-state index contributed by atoms with van der Waals surface area (Å²) in [6.07, 6.45) is 3.78. The molecule has 0 aromatic heterocycles. The Morgan fingerprint density at radius 1 is 0.778 bits per heavy atom. The molecule has 0 aliphatic carbocycles. The molecule has 0 radical (unpaired) electrons. The highest BCUT2D eigenvalue weighted by Gasteiger charge is 2.20. The molecule has 18 heavy (non-hydrogen) atoms. The van der Waals surface area contributed by atoms with Crippen LogP contribution >= 0.6 is 0 Å². The molecule has 0 bridgehead atoms. The van der Waals surface area contributed by atoms with Crippen molar-refractivity contribution in [3.8, 4) is 0 Å². The number of rotatable bonds is 8. The molecule has 4 nitrogen and oxygen atoms in total. The van der Waals surface area contributed by atoms with Crippen molar-refractivity contribution in [1.29, 1.82) is 0 Å². The minimum atomic E-state index is -0.254. The molecule has 0 saturated carbocycles. The highest BCUT2D eigenvalue weighted by molar-refractivity contribution is 4.71. The fraction of sp³-hybridized carbons (Fsp3) is 1.00. The van der Waals surface area contributed by atoms with E-state index in [1.807, 2.05) is 20.8 Å². The number of hydrogen-bond donors (Lipinski definition) is 4. The summed E-state index contributed by atoms with van der Waals surface area (Å²) in [6, 6.07) is 0. The van der Waals surface area contributed by atoms with E-state index in [0.717, 1.165) is 19.3 Å². The van der Waals surface area contributed by atoms with Gasteiger partial charge >= 0.3 is 0 Å². The second-order valence-corrected chi connectivity index (χ2v) is 6.03. The molecule has 0 aliphatic rings. The van der Waals surface area contributed by atoms with E-state index in [-0.39, 0.29) is 37.3 Å². The summed E-state index contributed by atoms with van der Waals surface area (Å²) >= 11 is 0. The van der Waals surface area contributed by atoms with Crippen molar-refractivity contribution in [3.63, 3.8) is 0 Å². The van der Waals surface area contributed by atoms with Gasteiger partial charge in [-0.3, -0.25) is 0 Å². The Hall–Kier alpha value is -0.160. The predicted molar refractivity (Wildman–Crippen MR) is 74.4 cm³/mol. The van der Waals surface area contributed by atoms with Crippen LogP contribution in [0.3, 0.4) is 0 Å². The van der Waals surface area contributed by atoms with E-state index >= 15 is 0 Å². The average molecular weight is 264 g/mol. The van der Waals surface area contributed by atoms with Gasteiger partial charge in [-0.05, 0) is 18.3 Å². The van der Waals surface area contributed by atoms with E-state index in [2.05, 4.69) is 6.92 Å². The highest BCUT2D eigenvalue weighted by Crippen LogP contribution is 2.21. The first-order valence-corrected chi connectivity index (χ1v) is 6.74. The molecule has 0 amide bonds. The number of hydrogen-bond acceptors (Lipinski definition) is 4. The van der Waals surface area contributed by atoms with Gasteiger partial charge in [0.1, 0.15) is 0 Å². The summed E-state index contributed by atoms with van der Waals surface area (Å²) in [5, 5.41) is 34.7. The lowest BCUT2D eigenvalue weighted by Crippen LogP contribution is -2.25. The standard InChI is InChI=1S/C8H18O2.C6H14O2/c1-3-4-5-8(2,6-9)7-10;1-6(2,5-8)3-4-7/h9-10H,3-7H2,1-2H3;7-8H,3-5H2,1-2H3. The average Bonchev–Trinajstić information content (AvgIpc) is 2.37. The minimum absolute atomic E-state index is 0.0868. The third-order valence-electron chi connectivity index (χ3n) is 3.11. The van der Waals surface area contributed by atoms with E-state index < -0.39 is 0 Å². The van der Waals surface area contributed by atoms with Crippen LogP contribution in [0.15, 0.2) is 0 Å². The maximum absolute atomic E-state index is 8.85. The van der Waals surface area contributed by atoms with Crippen LogP contribution in [-0.2, 0) is 0 Å². The van der Waals surface area contributed by atoms with Gasteiger partial charge in [0.05, 0.1) is 13.2 Å². The summed E-state index contributed by atoms with van der Waals surface area (Å²) in [4.78, 5) is 0. The van der Waals surface area contributed by atoms with Gasteiger partial charge < -0.3 is 20.4 Å². The van der Waals surface area contributed by atoms with E-state index in [1.54, 1.807) is 0 Å². The van der Waals surface area contributed by atoms with Crippen LogP contribution < -0.4 is 0 Å². The van der Waals surface area contributed by atoms with Crippen molar-refractivity contribution in [1.82, 2.24) is 0 Å². The Bertz CT molecular complexity index is 177. The Kier molecular flexibility index (Phi) is 12.0. The fourth-order valence-corrected chi connectivity index (χ4v) is 1.19. The maximum atomic E-state index is 8.85. The van der Waals surface area contributed by atoms with Gasteiger partial charge in [-0.2, -0.15) is 0 Å². The lowest BCUT2D eigenvalue weighted by molar-refractivity contribution is 0.0610. The zero-order valence-electron chi connectivity index (χ0n) is 12.4. The summed E-state index contributed by atoms with van der Waals surface area (Å²) in [5.41, 5.74) is -0.356. The summed E-state index contributed by atoms with van der Waals surface area (Å²) in [6.45, 7) is 8.33. The van der Waals surface area contributed by atoms with Gasteiger partial charge in [-0.15, -0.1) is 0 Å². The molecule has 0 aromatic carbocycles. The Morgan fingerprint density at radius 3 is 1.50 bits per heavy atom. The third kappa shape index (κ3) is 11.0. The molecule has 0 rings (SSSR count). The molecule has 0 unspecified atom stereocenters. The van der Waals surface area contributed by atoms with Gasteiger partial charge in [-0.25, -0.2) is 0 Å². The van der Waals surface area contributed by atoms with Crippen LogP contribution in [0.5, 0.6) is 0 Å². The second-order valence-electron chi connectivity index (χ2n) is 6.03. The SMILES string of the molecule is CC(C)(CO)CCO.CCCCC(C)(CO)CO. The Balaban J connectivity index is 0. The topological polar surface area (TPSA) is 80.9 Å². The first-order valence-electron chi connectivity index (χ1n) is 6.74.